The van der Waals surface area contributed by atoms with Gasteiger partial charge in [0.15, 0.2) is 5.65 Å². The first-order valence-corrected chi connectivity index (χ1v) is 9.75. The molecule has 29 heavy (non-hydrogen) atoms. The van der Waals surface area contributed by atoms with Gasteiger partial charge in [-0.3, -0.25) is 4.79 Å². The summed E-state index contributed by atoms with van der Waals surface area (Å²) >= 11 is 0. The highest BCUT2D eigenvalue weighted by atomic mass is 16.5. The largest absolute Gasteiger partial charge is 0.473 e. The molecular weight excluding hydrogens is 370 g/mol. The van der Waals surface area contributed by atoms with Crippen LogP contribution in [0.25, 0.3) is 5.65 Å². The molecule has 4 N–H and O–H groups in total. The molecule has 1 aliphatic carbocycles. The predicted octanol–water partition coefficient (Wildman–Crippen LogP) is 2.15. The van der Waals surface area contributed by atoms with Gasteiger partial charge in [0.2, 0.25) is 5.88 Å². The lowest BCUT2D eigenvalue weighted by atomic mass is 9.90. The lowest BCUT2D eigenvalue weighted by molar-refractivity contribution is 0.100. The van der Waals surface area contributed by atoms with E-state index in [9.17, 15) is 4.79 Å². The highest BCUT2D eigenvalue weighted by Gasteiger charge is 2.31. The Labute approximate surface area is 168 Å². The molecule has 0 radical (unpaired) electrons. The summed E-state index contributed by atoms with van der Waals surface area (Å²) in [6.45, 7) is 4.29. The molecule has 1 fully saturated rings. The van der Waals surface area contributed by atoms with Crippen LogP contribution in [0.1, 0.15) is 49.2 Å². The van der Waals surface area contributed by atoms with Gasteiger partial charge in [-0.1, -0.05) is 0 Å². The molecule has 3 heterocycles. The minimum atomic E-state index is -0.549. The van der Waals surface area contributed by atoms with Gasteiger partial charge in [0.1, 0.15) is 11.3 Å². The van der Waals surface area contributed by atoms with Crippen molar-refractivity contribution < 1.29 is 9.53 Å². The summed E-state index contributed by atoms with van der Waals surface area (Å²) in [5, 5.41) is 4.57. The standard InChI is InChI=1S/C20H25N7O2/c1-12(2)29-20-16(9-13(21)10-24-20)26(14-5-3-6-14)11-15-17(18(22)28)19-23-7-4-8-27(19)25-15/h4,7-10,12,14H,3,5-6,11,21H2,1-2H3,(H2,22,28). The van der Waals surface area contributed by atoms with Crippen LogP contribution in [0.4, 0.5) is 11.4 Å². The van der Waals surface area contributed by atoms with Gasteiger partial charge in [0.05, 0.1) is 30.2 Å². The van der Waals surface area contributed by atoms with Gasteiger partial charge < -0.3 is 21.1 Å². The van der Waals surface area contributed by atoms with Crippen LogP contribution >= 0.6 is 0 Å². The average molecular weight is 395 g/mol. The first-order valence-electron chi connectivity index (χ1n) is 9.75. The van der Waals surface area contributed by atoms with E-state index in [2.05, 4.69) is 20.0 Å². The van der Waals surface area contributed by atoms with Crippen molar-refractivity contribution in [3.8, 4) is 5.88 Å². The van der Waals surface area contributed by atoms with Crippen molar-refractivity contribution in [1.82, 2.24) is 19.6 Å². The molecular formula is C20H25N7O2. The third-order valence-corrected chi connectivity index (χ3v) is 5.06. The van der Waals surface area contributed by atoms with Crippen LogP contribution in [0.3, 0.4) is 0 Å². The number of nitrogen functional groups attached to an aromatic ring is 1. The van der Waals surface area contributed by atoms with Crippen molar-refractivity contribution >= 4 is 22.9 Å². The number of pyridine rings is 1. The van der Waals surface area contributed by atoms with E-state index in [0.717, 1.165) is 24.9 Å². The molecule has 152 valence electrons. The summed E-state index contributed by atoms with van der Waals surface area (Å²) in [6, 6.07) is 3.90. The molecule has 4 rings (SSSR count). The number of fused-ring (bicyclic) bond motifs is 1. The Bertz CT molecular complexity index is 1040. The molecule has 0 spiro atoms. The van der Waals surface area contributed by atoms with Crippen LogP contribution in [0, 0.1) is 0 Å². The maximum Gasteiger partial charge on any atom is 0.254 e. The second kappa shape index (κ2) is 7.57. The number of nitrogens with two attached hydrogens (primary N) is 2. The second-order valence-corrected chi connectivity index (χ2v) is 7.55. The lowest BCUT2D eigenvalue weighted by Gasteiger charge is -2.39. The quantitative estimate of drug-likeness (QED) is 0.628. The Morgan fingerprint density at radius 2 is 2.17 bits per heavy atom. The number of nitrogens with zero attached hydrogens (tertiary/aromatic N) is 5. The fraction of sp³-hybridized carbons (Fsp3) is 0.400. The number of primary amides is 1. The minimum Gasteiger partial charge on any atom is -0.473 e. The van der Waals surface area contributed by atoms with Crippen molar-refractivity contribution in [2.24, 2.45) is 5.73 Å². The number of aromatic nitrogens is 4. The second-order valence-electron chi connectivity index (χ2n) is 7.55. The summed E-state index contributed by atoms with van der Waals surface area (Å²) in [7, 11) is 0. The molecule has 0 aromatic carbocycles. The third kappa shape index (κ3) is 3.67. The number of rotatable bonds is 7. The molecule has 1 saturated carbocycles. The fourth-order valence-corrected chi connectivity index (χ4v) is 3.54. The summed E-state index contributed by atoms with van der Waals surface area (Å²) in [4.78, 5) is 23.0. The Kier molecular flexibility index (Phi) is 4.96. The normalized spacial score (nSPS) is 14.2. The molecule has 9 nitrogen and oxygen atoms in total. The van der Waals surface area contributed by atoms with E-state index in [1.54, 1.807) is 29.2 Å². The van der Waals surface area contributed by atoms with Crippen LogP contribution in [-0.4, -0.2) is 37.6 Å². The van der Waals surface area contributed by atoms with Crippen LogP contribution in [0.15, 0.2) is 30.7 Å². The number of carbonyl (C=O) groups excluding carboxylic acids is 1. The SMILES string of the molecule is CC(C)Oc1ncc(N)cc1N(Cc1nn2cccnc2c1C(N)=O)C1CCC1. The van der Waals surface area contributed by atoms with Gasteiger partial charge in [0.25, 0.3) is 5.91 Å². The number of amides is 1. The highest BCUT2D eigenvalue weighted by Crippen LogP contribution is 2.37. The molecule has 0 saturated heterocycles. The molecule has 3 aromatic rings. The van der Waals surface area contributed by atoms with Crippen LogP contribution in [0.5, 0.6) is 5.88 Å². The summed E-state index contributed by atoms with van der Waals surface area (Å²) < 4.78 is 7.52. The van der Waals surface area contributed by atoms with Gasteiger partial charge in [-0.2, -0.15) is 5.10 Å². The van der Waals surface area contributed by atoms with E-state index in [1.807, 2.05) is 19.9 Å². The zero-order chi connectivity index (χ0) is 20.5. The number of anilines is 2. The first kappa shape index (κ1) is 19.0. The van der Waals surface area contributed by atoms with Crippen molar-refractivity contribution in [2.75, 3.05) is 10.6 Å². The van der Waals surface area contributed by atoms with Crippen LogP contribution in [0.2, 0.25) is 0 Å². The van der Waals surface area contributed by atoms with Crippen molar-refractivity contribution in [1.29, 1.82) is 0 Å². The Balaban J connectivity index is 1.79. The Morgan fingerprint density at radius 3 is 2.83 bits per heavy atom. The van der Waals surface area contributed by atoms with Crippen molar-refractivity contribution in [3.05, 3.63) is 42.0 Å². The lowest BCUT2D eigenvalue weighted by Crippen LogP contribution is -2.40. The summed E-state index contributed by atoms with van der Waals surface area (Å²) in [6.07, 6.45) is 8.14. The summed E-state index contributed by atoms with van der Waals surface area (Å²) in [5.41, 5.74) is 14.4. The topological polar surface area (TPSA) is 125 Å². The molecule has 0 atom stereocenters. The summed E-state index contributed by atoms with van der Waals surface area (Å²) in [5.74, 6) is -0.0322. The number of hydrogen-bond donors (Lipinski definition) is 2. The molecule has 0 unspecified atom stereocenters. The molecule has 1 amide bonds. The van der Waals surface area contributed by atoms with E-state index in [4.69, 9.17) is 16.2 Å². The number of hydrogen-bond acceptors (Lipinski definition) is 7. The van der Waals surface area contributed by atoms with E-state index in [-0.39, 0.29) is 12.1 Å². The first-order chi connectivity index (χ1) is 13.9. The van der Waals surface area contributed by atoms with Crippen LogP contribution < -0.4 is 21.1 Å². The van der Waals surface area contributed by atoms with E-state index in [0.29, 0.717) is 35.0 Å². The minimum absolute atomic E-state index is 0.0336. The maximum atomic E-state index is 12.2. The molecule has 9 heteroatoms. The van der Waals surface area contributed by atoms with E-state index < -0.39 is 5.91 Å². The Morgan fingerprint density at radius 1 is 1.38 bits per heavy atom. The van der Waals surface area contributed by atoms with Gasteiger partial charge >= 0.3 is 0 Å². The monoisotopic (exact) mass is 395 g/mol. The number of carbonyl (C=O) groups is 1. The maximum absolute atomic E-state index is 12.2. The predicted molar refractivity (Wildman–Crippen MR) is 110 cm³/mol. The van der Waals surface area contributed by atoms with E-state index >= 15 is 0 Å². The average Bonchev–Trinajstić information content (AvgIpc) is 2.99. The zero-order valence-electron chi connectivity index (χ0n) is 16.6. The van der Waals surface area contributed by atoms with Crippen LogP contribution in [-0.2, 0) is 6.54 Å². The van der Waals surface area contributed by atoms with E-state index in [1.165, 1.54) is 0 Å². The van der Waals surface area contributed by atoms with Gasteiger partial charge in [-0.05, 0) is 45.2 Å². The zero-order valence-corrected chi connectivity index (χ0v) is 16.6. The highest BCUT2D eigenvalue weighted by molar-refractivity contribution is 6.00. The Hall–Kier alpha value is -3.36. The van der Waals surface area contributed by atoms with Gasteiger partial charge in [0, 0.05) is 18.4 Å². The molecule has 0 bridgehead atoms. The fourth-order valence-electron chi connectivity index (χ4n) is 3.54. The molecule has 1 aliphatic rings. The molecule has 3 aromatic heterocycles. The van der Waals surface area contributed by atoms with Gasteiger partial charge in [-0.25, -0.2) is 14.5 Å². The van der Waals surface area contributed by atoms with Gasteiger partial charge in [-0.15, -0.1) is 0 Å². The number of ether oxygens (including phenoxy) is 1. The van der Waals surface area contributed by atoms with Crippen molar-refractivity contribution in [2.45, 2.75) is 51.8 Å². The molecule has 0 aliphatic heterocycles. The third-order valence-electron chi connectivity index (χ3n) is 5.06. The van der Waals surface area contributed by atoms with Crippen molar-refractivity contribution in [3.63, 3.8) is 0 Å². The smallest absolute Gasteiger partial charge is 0.254 e.